The standard InChI is InChI=1S/C16H13F3N2O/c17-16(18,19)9-10-5-6-14(22)21-13-4-2-1-3-11(13)12(7-8-20)15(10)21/h1-4,10H,5-7,9H2. The molecule has 0 saturated carbocycles. The smallest absolute Gasteiger partial charge is 0.284 e. The first-order chi connectivity index (χ1) is 10.4. The second-order valence-electron chi connectivity index (χ2n) is 5.50. The van der Waals surface area contributed by atoms with Crippen LogP contribution in [0, 0.1) is 11.3 Å². The molecule has 0 N–H and O–H groups in total. The van der Waals surface area contributed by atoms with E-state index in [0.717, 1.165) is 0 Å². The highest BCUT2D eigenvalue weighted by atomic mass is 19.4. The van der Waals surface area contributed by atoms with Crippen molar-refractivity contribution in [2.24, 2.45) is 0 Å². The van der Waals surface area contributed by atoms with Gasteiger partial charge in [-0.2, -0.15) is 18.4 Å². The Bertz CT molecular complexity index is 783. The Morgan fingerprint density at radius 3 is 2.73 bits per heavy atom. The summed E-state index contributed by atoms with van der Waals surface area (Å²) in [5.41, 5.74) is 1.52. The van der Waals surface area contributed by atoms with Crippen molar-refractivity contribution in [1.29, 1.82) is 5.26 Å². The Hall–Kier alpha value is -2.29. The van der Waals surface area contributed by atoms with Crippen LogP contribution in [0.3, 0.4) is 0 Å². The summed E-state index contributed by atoms with van der Waals surface area (Å²) in [5.74, 6) is -0.970. The molecule has 2 heterocycles. The zero-order chi connectivity index (χ0) is 15.9. The van der Waals surface area contributed by atoms with Crippen LogP contribution in [0.25, 0.3) is 10.9 Å². The average Bonchev–Trinajstić information content (AvgIpc) is 2.78. The van der Waals surface area contributed by atoms with Crippen molar-refractivity contribution in [3.05, 3.63) is 35.5 Å². The summed E-state index contributed by atoms with van der Waals surface area (Å²) in [6.45, 7) is 0. The fraction of sp³-hybridized carbons (Fsp3) is 0.375. The Balaban J connectivity index is 2.26. The molecule has 3 rings (SSSR count). The van der Waals surface area contributed by atoms with Crippen LogP contribution in [-0.2, 0) is 6.42 Å². The van der Waals surface area contributed by atoms with Crippen LogP contribution < -0.4 is 0 Å². The van der Waals surface area contributed by atoms with Crippen LogP contribution in [0.2, 0.25) is 0 Å². The number of hydrogen-bond acceptors (Lipinski definition) is 2. The first-order valence-electron chi connectivity index (χ1n) is 7.01. The molecule has 0 radical (unpaired) electrons. The van der Waals surface area contributed by atoms with Crippen LogP contribution in [0.5, 0.6) is 0 Å². The van der Waals surface area contributed by atoms with Crippen molar-refractivity contribution in [2.75, 3.05) is 0 Å². The summed E-state index contributed by atoms with van der Waals surface area (Å²) in [6.07, 6.45) is -4.98. The van der Waals surface area contributed by atoms with Gasteiger partial charge in [0, 0.05) is 23.4 Å². The van der Waals surface area contributed by atoms with Crippen LogP contribution >= 0.6 is 0 Å². The predicted octanol–water partition coefficient (Wildman–Crippen LogP) is 4.18. The van der Waals surface area contributed by atoms with Crippen molar-refractivity contribution in [3.63, 3.8) is 0 Å². The molecule has 0 saturated heterocycles. The number of fused-ring (bicyclic) bond motifs is 3. The second-order valence-corrected chi connectivity index (χ2v) is 5.50. The molecule has 114 valence electrons. The van der Waals surface area contributed by atoms with Crippen LogP contribution in [0.1, 0.15) is 41.2 Å². The molecule has 1 aliphatic heterocycles. The summed E-state index contributed by atoms with van der Waals surface area (Å²) in [6, 6.07) is 8.98. The number of carbonyl (C=O) groups excluding carboxylic acids is 1. The minimum Gasteiger partial charge on any atom is -0.284 e. The van der Waals surface area contributed by atoms with Crippen molar-refractivity contribution in [2.45, 2.75) is 37.8 Å². The number of nitriles is 1. The molecule has 1 aromatic carbocycles. The van der Waals surface area contributed by atoms with E-state index < -0.39 is 18.5 Å². The molecule has 2 aromatic rings. The van der Waals surface area contributed by atoms with E-state index in [9.17, 15) is 18.0 Å². The van der Waals surface area contributed by atoms with Crippen LogP contribution in [0.4, 0.5) is 13.2 Å². The second kappa shape index (κ2) is 5.16. The molecule has 1 aliphatic rings. The Labute approximate surface area is 124 Å². The maximum atomic E-state index is 12.8. The summed E-state index contributed by atoms with van der Waals surface area (Å²) in [5, 5.41) is 9.71. The number of alkyl halides is 3. The van der Waals surface area contributed by atoms with Gasteiger partial charge in [0.15, 0.2) is 0 Å². The Morgan fingerprint density at radius 2 is 2.05 bits per heavy atom. The highest BCUT2D eigenvalue weighted by Crippen LogP contribution is 2.42. The zero-order valence-electron chi connectivity index (χ0n) is 11.7. The molecule has 0 amide bonds. The molecule has 22 heavy (non-hydrogen) atoms. The van der Waals surface area contributed by atoms with Gasteiger partial charge in [0.1, 0.15) is 0 Å². The summed E-state index contributed by atoms with van der Waals surface area (Å²) < 4.78 is 39.9. The number of benzene rings is 1. The van der Waals surface area contributed by atoms with E-state index in [-0.39, 0.29) is 25.2 Å². The summed E-state index contributed by atoms with van der Waals surface area (Å²) in [7, 11) is 0. The number of hydrogen-bond donors (Lipinski definition) is 0. The van der Waals surface area contributed by atoms with Crippen molar-refractivity contribution < 1.29 is 18.0 Å². The topological polar surface area (TPSA) is 45.8 Å². The maximum Gasteiger partial charge on any atom is 0.389 e. The molecular weight excluding hydrogens is 293 g/mol. The van der Waals surface area contributed by atoms with E-state index in [1.165, 1.54) is 4.57 Å². The quantitative estimate of drug-likeness (QED) is 0.835. The average molecular weight is 306 g/mol. The molecule has 1 aromatic heterocycles. The van der Waals surface area contributed by atoms with Crippen molar-refractivity contribution >= 4 is 16.8 Å². The molecule has 6 heteroatoms. The lowest BCUT2D eigenvalue weighted by Crippen LogP contribution is -2.26. The lowest BCUT2D eigenvalue weighted by Gasteiger charge is -2.26. The maximum absolute atomic E-state index is 12.8. The lowest BCUT2D eigenvalue weighted by atomic mass is 9.89. The number of halogens is 3. The molecule has 0 spiro atoms. The molecule has 1 unspecified atom stereocenters. The third-order valence-electron chi connectivity index (χ3n) is 4.10. The van der Waals surface area contributed by atoms with Gasteiger partial charge in [-0.1, -0.05) is 18.2 Å². The van der Waals surface area contributed by atoms with Gasteiger partial charge in [-0.05, 0) is 18.1 Å². The minimum atomic E-state index is -4.30. The summed E-state index contributed by atoms with van der Waals surface area (Å²) in [4.78, 5) is 12.2. The van der Waals surface area contributed by atoms with Gasteiger partial charge in [0.25, 0.3) is 0 Å². The van der Waals surface area contributed by atoms with Crippen LogP contribution in [-0.4, -0.2) is 16.7 Å². The first kappa shape index (κ1) is 14.6. The largest absolute Gasteiger partial charge is 0.389 e. The van der Waals surface area contributed by atoms with E-state index in [2.05, 4.69) is 0 Å². The molecule has 0 bridgehead atoms. The minimum absolute atomic E-state index is 0.00445. The molecule has 1 atom stereocenters. The fourth-order valence-electron chi connectivity index (χ4n) is 3.31. The first-order valence-corrected chi connectivity index (χ1v) is 7.01. The van der Waals surface area contributed by atoms with Gasteiger partial charge in [0.05, 0.1) is 24.4 Å². The number of para-hydroxylation sites is 1. The van der Waals surface area contributed by atoms with Gasteiger partial charge in [0.2, 0.25) is 5.91 Å². The monoisotopic (exact) mass is 306 g/mol. The molecule has 0 fully saturated rings. The van der Waals surface area contributed by atoms with E-state index in [0.29, 0.717) is 22.2 Å². The predicted molar refractivity (Wildman–Crippen MR) is 74.5 cm³/mol. The van der Waals surface area contributed by atoms with Gasteiger partial charge in [-0.15, -0.1) is 0 Å². The van der Waals surface area contributed by atoms with E-state index in [1.807, 2.05) is 6.07 Å². The fourth-order valence-corrected chi connectivity index (χ4v) is 3.31. The highest BCUT2D eigenvalue weighted by Gasteiger charge is 2.38. The lowest BCUT2D eigenvalue weighted by molar-refractivity contribution is -0.139. The van der Waals surface area contributed by atoms with Crippen LogP contribution in [0.15, 0.2) is 24.3 Å². The Kier molecular flexibility index (Phi) is 3.44. The molecule has 0 aliphatic carbocycles. The SMILES string of the molecule is N#CCc1c2n(c3ccccc13)C(=O)CCC2CC(F)(F)F. The third-order valence-corrected chi connectivity index (χ3v) is 4.10. The van der Waals surface area contributed by atoms with Crippen molar-refractivity contribution in [1.82, 2.24) is 4.57 Å². The number of carbonyl (C=O) groups is 1. The summed E-state index contributed by atoms with van der Waals surface area (Å²) >= 11 is 0. The van der Waals surface area contributed by atoms with E-state index in [1.54, 1.807) is 24.3 Å². The van der Waals surface area contributed by atoms with Gasteiger partial charge in [-0.25, -0.2) is 0 Å². The van der Waals surface area contributed by atoms with Gasteiger partial charge in [-0.3, -0.25) is 9.36 Å². The van der Waals surface area contributed by atoms with E-state index >= 15 is 0 Å². The highest BCUT2D eigenvalue weighted by molar-refractivity contribution is 5.97. The number of nitrogens with zero attached hydrogens (tertiary/aromatic N) is 2. The molecular formula is C16H13F3N2O. The third kappa shape index (κ3) is 2.37. The normalized spacial score (nSPS) is 18.3. The number of aromatic nitrogens is 1. The molecule has 3 nitrogen and oxygen atoms in total. The van der Waals surface area contributed by atoms with Crippen molar-refractivity contribution in [3.8, 4) is 6.07 Å². The number of rotatable bonds is 2. The Morgan fingerprint density at radius 1 is 1.32 bits per heavy atom. The zero-order valence-corrected chi connectivity index (χ0v) is 11.7. The van der Waals surface area contributed by atoms with Gasteiger partial charge >= 0.3 is 6.18 Å². The van der Waals surface area contributed by atoms with Gasteiger partial charge < -0.3 is 0 Å². The van der Waals surface area contributed by atoms with E-state index in [4.69, 9.17) is 5.26 Å².